The van der Waals surface area contributed by atoms with Crippen molar-refractivity contribution in [2.75, 3.05) is 4.90 Å². The molecule has 3 rings (SSSR count). The molecule has 1 aromatic rings. The van der Waals surface area contributed by atoms with Gasteiger partial charge in [0, 0.05) is 17.3 Å². The summed E-state index contributed by atoms with van der Waals surface area (Å²) >= 11 is 0. The second-order valence-corrected chi connectivity index (χ2v) is 8.53. The molecule has 1 heterocycles. The highest BCUT2D eigenvalue weighted by Crippen LogP contribution is 2.44. The fraction of sp³-hybridized carbons (Fsp3) is 0.667. The third-order valence-electron chi connectivity index (χ3n) is 5.96. The molecule has 2 amide bonds. The Morgan fingerprint density at radius 1 is 1.12 bits per heavy atom. The van der Waals surface area contributed by atoms with Crippen molar-refractivity contribution in [2.24, 2.45) is 0 Å². The number of carbonyl (C=O) groups excluding carboxylic acids is 1. The van der Waals surface area contributed by atoms with Gasteiger partial charge in [-0.25, -0.2) is 4.79 Å². The Labute approximate surface area is 146 Å². The van der Waals surface area contributed by atoms with Gasteiger partial charge in [0.05, 0.1) is 0 Å². The topological polar surface area (TPSA) is 32.3 Å². The van der Waals surface area contributed by atoms with E-state index in [1.54, 1.807) is 0 Å². The highest BCUT2D eigenvalue weighted by Gasteiger charge is 2.40. The molecule has 0 radical (unpaired) electrons. The lowest BCUT2D eigenvalue weighted by molar-refractivity contribution is 0.228. The van der Waals surface area contributed by atoms with Gasteiger partial charge in [-0.05, 0) is 75.6 Å². The van der Waals surface area contributed by atoms with E-state index in [1.165, 1.54) is 36.0 Å². The molecule has 0 bridgehead atoms. The van der Waals surface area contributed by atoms with Gasteiger partial charge in [0.1, 0.15) is 0 Å². The molecular weight excluding hydrogens is 296 g/mol. The summed E-state index contributed by atoms with van der Waals surface area (Å²) in [5.74, 6) is 0.480. The number of hydrogen-bond donors (Lipinski definition) is 1. The van der Waals surface area contributed by atoms with Crippen LogP contribution in [0.1, 0.15) is 81.9 Å². The second-order valence-electron chi connectivity index (χ2n) is 8.53. The quantitative estimate of drug-likeness (QED) is 0.731. The highest BCUT2D eigenvalue weighted by atomic mass is 16.2. The van der Waals surface area contributed by atoms with Crippen LogP contribution in [0.15, 0.2) is 12.1 Å². The van der Waals surface area contributed by atoms with E-state index in [1.807, 2.05) is 4.90 Å². The molecule has 1 N–H and O–H groups in total. The first-order valence-electron chi connectivity index (χ1n) is 9.51. The number of anilines is 1. The summed E-state index contributed by atoms with van der Waals surface area (Å²) < 4.78 is 0. The first-order valence-corrected chi connectivity index (χ1v) is 9.51. The maximum atomic E-state index is 13.2. The zero-order chi connectivity index (χ0) is 17.5. The summed E-state index contributed by atoms with van der Waals surface area (Å²) in [6.07, 6.45) is 7.02. The first-order chi connectivity index (χ1) is 11.3. The van der Waals surface area contributed by atoms with E-state index >= 15 is 0 Å². The van der Waals surface area contributed by atoms with Crippen molar-refractivity contribution in [1.29, 1.82) is 0 Å². The Bertz CT molecular complexity index is 629. The fourth-order valence-corrected chi connectivity index (χ4v) is 4.56. The number of nitrogens with zero attached hydrogens (tertiary/aromatic N) is 1. The van der Waals surface area contributed by atoms with Gasteiger partial charge in [0.2, 0.25) is 0 Å². The van der Waals surface area contributed by atoms with Crippen LogP contribution < -0.4 is 10.2 Å². The molecule has 2 aliphatic rings. The van der Waals surface area contributed by atoms with Gasteiger partial charge in [-0.3, -0.25) is 4.90 Å². The van der Waals surface area contributed by atoms with Crippen molar-refractivity contribution in [3.05, 3.63) is 28.8 Å². The van der Waals surface area contributed by atoms with E-state index in [0.29, 0.717) is 12.0 Å². The van der Waals surface area contributed by atoms with Crippen LogP contribution in [-0.4, -0.2) is 17.6 Å². The summed E-state index contributed by atoms with van der Waals surface area (Å²) in [7, 11) is 0. The van der Waals surface area contributed by atoms with E-state index in [9.17, 15) is 4.79 Å². The number of hydrogen-bond acceptors (Lipinski definition) is 1. The Morgan fingerprint density at radius 2 is 1.75 bits per heavy atom. The average molecular weight is 329 g/mol. The molecule has 0 unspecified atom stereocenters. The number of nitrogens with one attached hydrogen (secondary N) is 1. The molecule has 1 saturated carbocycles. The maximum absolute atomic E-state index is 13.2. The lowest BCUT2D eigenvalue weighted by Crippen LogP contribution is -2.57. The van der Waals surface area contributed by atoms with Crippen LogP contribution in [0.25, 0.3) is 0 Å². The van der Waals surface area contributed by atoms with Crippen LogP contribution in [0.3, 0.4) is 0 Å². The molecule has 0 spiro atoms. The minimum absolute atomic E-state index is 0.0864. The summed E-state index contributed by atoms with van der Waals surface area (Å²) in [6, 6.07) is 4.92. The van der Waals surface area contributed by atoms with E-state index in [-0.39, 0.29) is 11.6 Å². The molecule has 1 aromatic carbocycles. The van der Waals surface area contributed by atoms with Gasteiger partial charge in [0.25, 0.3) is 0 Å². The van der Waals surface area contributed by atoms with Gasteiger partial charge >= 0.3 is 6.03 Å². The summed E-state index contributed by atoms with van der Waals surface area (Å²) in [4.78, 5) is 15.2. The number of fused-ring (bicyclic) bond motifs is 1. The molecule has 1 aliphatic carbocycles. The third kappa shape index (κ3) is 3.18. The Morgan fingerprint density at radius 3 is 2.42 bits per heavy atom. The number of aryl methyl sites for hydroxylation is 2. The summed E-state index contributed by atoms with van der Waals surface area (Å²) in [5.41, 5.74) is 4.83. The van der Waals surface area contributed by atoms with Crippen LogP contribution in [-0.2, 0) is 0 Å². The molecule has 3 heteroatoms. The normalized spacial score (nSPS) is 23.7. The molecular formula is C21H32N2O. The molecule has 0 saturated heterocycles. The van der Waals surface area contributed by atoms with E-state index in [2.05, 4.69) is 52.1 Å². The third-order valence-corrected chi connectivity index (χ3v) is 5.96. The Balaban J connectivity index is 1.94. The standard InChI is InChI=1S/C21H32N2O/c1-14-11-18-16(3)13-21(4,5)23(19(18)12-15(14)2)20(24)22-17-9-7-6-8-10-17/h11-12,16-17H,6-10,13H2,1-5H3,(H,22,24)/t16-/m1/s1. The molecule has 0 aromatic heterocycles. The molecule has 1 atom stereocenters. The average Bonchev–Trinajstić information content (AvgIpc) is 2.49. The molecule has 1 fully saturated rings. The van der Waals surface area contributed by atoms with Gasteiger partial charge in [-0.2, -0.15) is 0 Å². The smallest absolute Gasteiger partial charge is 0.322 e. The van der Waals surface area contributed by atoms with Gasteiger partial charge in [0.15, 0.2) is 0 Å². The van der Waals surface area contributed by atoms with Crippen LogP contribution in [0.4, 0.5) is 10.5 Å². The van der Waals surface area contributed by atoms with Crippen molar-refractivity contribution in [3.63, 3.8) is 0 Å². The number of benzene rings is 1. The number of rotatable bonds is 1. The van der Waals surface area contributed by atoms with Crippen molar-refractivity contribution < 1.29 is 4.79 Å². The number of amides is 2. The van der Waals surface area contributed by atoms with Crippen molar-refractivity contribution in [2.45, 2.75) is 90.6 Å². The lowest BCUT2D eigenvalue weighted by Gasteiger charge is -2.46. The predicted molar refractivity (Wildman–Crippen MR) is 101 cm³/mol. The SMILES string of the molecule is Cc1cc2c(cc1C)N(C(=O)NC1CCCCC1)C(C)(C)C[C@H]2C. The van der Waals surface area contributed by atoms with E-state index in [0.717, 1.165) is 24.9 Å². The minimum atomic E-state index is -0.160. The minimum Gasteiger partial charge on any atom is -0.335 e. The number of urea groups is 1. The van der Waals surface area contributed by atoms with Crippen LogP contribution in [0.5, 0.6) is 0 Å². The van der Waals surface area contributed by atoms with Crippen LogP contribution in [0.2, 0.25) is 0 Å². The maximum Gasteiger partial charge on any atom is 0.322 e. The second kappa shape index (κ2) is 6.42. The van der Waals surface area contributed by atoms with Gasteiger partial charge in [-0.1, -0.05) is 32.3 Å². The molecule has 132 valence electrons. The van der Waals surface area contributed by atoms with Crippen LogP contribution in [0, 0.1) is 13.8 Å². The first kappa shape index (κ1) is 17.3. The summed E-state index contributed by atoms with van der Waals surface area (Å²) in [5, 5.41) is 3.32. The van der Waals surface area contributed by atoms with Crippen molar-refractivity contribution in [3.8, 4) is 0 Å². The molecule has 1 aliphatic heterocycles. The fourth-order valence-electron chi connectivity index (χ4n) is 4.56. The number of carbonyl (C=O) groups is 1. The predicted octanol–water partition coefficient (Wildman–Crippen LogP) is 5.44. The zero-order valence-corrected chi connectivity index (χ0v) is 15.9. The largest absolute Gasteiger partial charge is 0.335 e. The highest BCUT2D eigenvalue weighted by molar-refractivity contribution is 5.95. The lowest BCUT2D eigenvalue weighted by atomic mass is 9.79. The van der Waals surface area contributed by atoms with Gasteiger partial charge in [-0.15, -0.1) is 0 Å². The molecule has 3 nitrogen and oxygen atoms in total. The van der Waals surface area contributed by atoms with Crippen LogP contribution >= 0.6 is 0 Å². The van der Waals surface area contributed by atoms with Crippen molar-refractivity contribution in [1.82, 2.24) is 5.32 Å². The molecule has 24 heavy (non-hydrogen) atoms. The summed E-state index contributed by atoms with van der Waals surface area (Å²) in [6.45, 7) is 11.0. The monoisotopic (exact) mass is 328 g/mol. The van der Waals surface area contributed by atoms with Gasteiger partial charge < -0.3 is 5.32 Å². The zero-order valence-electron chi connectivity index (χ0n) is 15.9. The van der Waals surface area contributed by atoms with E-state index < -0.39 is 0 Å². The Kier molecular flexibility index (Phi) is 4.63. The van der Waals surface area contributed by atoms with Crippen molar-refractivity contribution >= 4 is 11.7 Å². The Hall–Kier alpha value is -1.51. The van der Waals surface area contributed by atoms with E-state index in [4.69, 9.17) is 0 Å².